The van der Waals surface area contributed by atoms with Crippen LogP contribution >= 0.6 is 23.5 Å². The van der Waals surface area contributed by atoms with Gasteiger partial charge in [0.1, 0.15) is 0 Å². The standard InChI is InChI=1S/C23H22OS2/c1-18-12-14-19(15-13-18)22(24)16-17-23(25-20-8-4-2-5-9-20)26-21-10-6-3-7-11-21/h2-15,17,22,24H,16H2,1H3/t22-/m0/s1. The molecule has 0 spiro atoms. The van der Waals surface area contributed by atoms with Crippen LogP contribution in [0.1, 0.15) is 23.7 Å². The fourth-order valence-electron chi connectivity index (χ4n) is 2.45. The largest absolute Gasteiger partial charge is 0.388 e. The van der Waals surface area contributed by atoms with Gasteiger partial charge in [0.2, 0.25) is 0 Å². The third-order valence-corrected chi connectivity index (χ3v) is 6.14. The van der Waals surface area contributed by atoms with Gasteiger partial charge >= 0.3 is 0 Å². The second-order valence-corrected chi connectivity index (χ2v) is 8.50. The molecule has 26 heavy (non-hydrogen) atoms. The molecule has 0 aliphatic carbocycles. The van der Waals surface area contributed by atoms with Gasteiger partial charge in [-0.2, -0.15) is 0 Å². The maximum absolute atomic E-state index is 10.5. The smallest absolute Gasteiger partial charge is 0.0825 e. The Hall–Kier alpha value is -1.94. The van der Waals surface area contributed by atoms with Gasteiger partial charge in [0.05, 0.1) is 6.10 Å². The molecule has 0 fully saturated rings. The molecule has 3 aromatic carbocycles. The number of aryl methyl sites for hydroxylation is 1. The fourth-order valence-corrected chi connectivity index (χ4v) is 4.60. The lowest BCUT2D eigenvalue weighted by Crippen LogP contribution is -1.95. The summed E-state index contributed by atoms with van der Waals surface area (Å²) in [7, 11) is 0. The predicted molar refractivity (Wildman–Crippen MR) is 113 cm³/mol. The molecule has 1 atom stereocenters. The minimum absolute atomic E-state index is 0.488. The predicted octanol–water partition coefficient (Wildman–Crippen LogP) is 6.84. The van der Waals surface area contributed by atoms with Gasteiger partial charge in [0.25, 0.3) is 0 Å². The van der Waals surface area contributed by atoms with Crippen LogP contribution in [0.15, 0.2) is 105 Å². The topological polar surface area (TPSA) is 20.2 Å². The quantitative estimate of drug-likeness (QED) is 0.454. The Morgan fingerprint density at radius 1 is 0.808 bits per heavy atom. The van der Waals surface area contributed by atoms with Crippen LogP contribution in [0.5, 0.6) is 0 Å². The van der Waals surface area contributed by atoms with E-state index in [0.717, 1.165) is 5.56 Å². The maximum atomic E-state index is 10.5. The molecule has 0 aliphatic heterocycles. The Bertz CT molecular complexity index is 784. The van der Waals surface area contributed by atoms with Crippen molar-refractivity contribution in [2.75, 3.05) is 0 Å². The Morgan fingerprint density at radius 2 is 1.31 bits per heavy atom. The van der Waals surface area contributed by atoms with Crippen LogP contribution in [0.25, 0.3) is 0 Å². The second-order valence-electron chi connectivity index (χ2n) is 6.02. The summed E-state index contributed by atoms with van der Waals surface area (Å²) in [5.41, 5.74) is 2.16. The molecule has 0 saturated heterocycles. The second kappa shape index (κ2) is 9.67. The molecule has 3 aromatic rings. The van der Waals surface area contributed by atoms with E-state index in [2.05, 4.69) is 37.3 Å². The van der Waals surface area contributed by atoms with Crippen molar-refractivity contribution in [1.82, 2.24) is 0 Å². The van der Waals surface area contributed by atoms with Gasteiger partial charge in [0.15, 0.2) is 0 Å². The molecular formula is C23H22OS2. The zero-order valence-electron chi connectivity index (χ0n) is 14.7. The summed E-state index contributed by atoms with van der Waals surface area (Å²) in [4.78, 5) is 2.40. The number of aliphatic hydroxyl groups is 1. The Morgan fingerprint density at radius 3 is 1.81 bits per heavy atom. The van der Waals surface area contributed by atoms with E-state index in [1.165, 1.54) is 19.6 Å². The Labute approximate surface area is 164 Å². The van der Waals surface area contributed by atoms with E-state index in [1.54, 1.807) is 23.5 Å². The van der Waals surface area contributed by atoms with Crippen molar-refractivity contribution in [1.29, 1.82) is 0 Å². The molecule has 0 amide bonds. The van der Waals surface area contributed by atoms with Crippen molar-refractivity contribution < 1.29 is 5.11 Å². The molecule has 0 heterocycles. The number of thioether (sulfide) groups is 2. The van der Waals surface area contributed by atoms with E-state index in [1.807, 2.05) is 60.7 Å². The van der Waals surface area contributed by atoms with E-state index in [9.17, 15) is 5.11 Å². The van der Waals surface area contributed by atoms with Crippen LogP contribution in [0.2, 0.25) is 0 Å². The first-order valence-corrected chi connectivity index (χ1v) is 10.2. The van der Waals surface area contributed by atoms with E-state index in [0.29, 0.717) is 6.42 Å². The normalized spacial score (nSPS) is 11.8. The molecule has 0 aromatic heterocycles. The lowest BCUT2D eigenvalue weighted by atomic mass is 10.1. The van der Waals surface area contributed by atoms with Gasteiger partial charge in [-0.05, 0) is 43.2 Å². The lowest BCUT2D eigenvalue weighted by Gasteiger charge is -2.11. The zero-order chi connectivity index (χ0) is 18.2. The third-order valence-electron chi connectivity index (χ3n) is 3.89. The molecule has 0 saturated carbocycles. The molecule has 132 valence electrons. The van der Waals surface area contributed by atoms with Gasteiger partial charge < -0.3 is 5.11 Å². The number of benzene rings is 3. The summed E-state index contributed by atoms with van der Waals surface area (Å²) in [6.45, 7) is 2.06. The van der Waals surface area contributed by atoms with Gasteiger partial charge in [-0.1, -0.05) is 95.8 Å². The van der Waals surface area contributed by atoms with Gasteiger partial charge in [0, 0.05) is 14.0 Å². The van der Waals surface area contributed by atoms with Crippen LogP contribution in [0, 0.1) is 6.92 Å². The molecule has 1 nitrogen and oxygen atoms in total. The average Bonchev–Trinajstić information content (AvgIpc) is 2.68. The first kappa shape index (κ1) is 18.8. The number of rotatable bonds is 7. The van der Waals surface area contributed by atoms with E-state index in [-0.39, 0.29) is 0 Å². The summed E-state index contributed by atoms with van der Waals surface area (Å²) in [5, 5.41) is 10.5. The molecule has 0 radical (unpaired) electrons. The summed E-state index contributed by atoms with van der Waals surface area (Å²) >= 11 is 3.47. The van der Waals surface area contributed by atoms with Gasteiger partial charge in [-0.15, -0.1) is 0 Å². The minimum Gasteiger partial charge on any atom is -0.388 e. The van der Waals surface area contributed by atoms with E-state index in [4.69, 9.17) is 0 Å². The van der Waals surface area contributed by atoms with Crippen LogP contribution in [0.4, 0.5) is 0 Å². The van der Waals surface area contributed by atoms with Crippen LogP contribution in [0.3, 0.4) is 0 Å². The highest BCUT2D eigenvalue weighted by molar-refractivity contribution is 8.22. The summed E-state index contributed by atoms with van der Waals surface area (Å²) in [6, 6.07) is 28.8. The van der Waals surface area contributed by atoms with Crippen molar-refractivity contribution in [3.05, 3.63) is 106 Å². The third kappa shape index (κ3) is 5.80. The monoisotopic (exact) mass is 378 g/mol. The molecule has 0 aliphatic rings. The van der Waals surface area contributed by atoms with Crippen LogP contribution in [-0.2, 0) is 0 Å². The fraction of sp³-hybridized carbons (Fsp3) is 0.130. The summed E-state index contributed by atoms with van der Waals surface area (Å²) < 4.78 is 1.17. The zero-order valence-corrected chi connectivity index (χ0v) is 16.3. The molecule has 1 N–H and O–H groups in total. The lowest BCUT2D eigenvalue weighted by molar-refractivity contribution is 0.181. The highest BCUT2D eigenvalue weighted by atomic mass is 32.2. The number of hydrogen-bond acceptors (Lipinski definition) is 3. The summed E-state index contributed by atoms with van der Waals surface area (Å²) in [6.07, 6.45) is 2.25. The molecule has 0 unspecified atom stereocenters. The van der Waals surface area contributed by atoms with Crippen molar-refractivity contribution in [3.8, 4) is 0 Å². The highest BCUT2D eigenvalue weighted by Crippen LogP contribution is 2.39. The van der Waals surface area contributed by atoms with Crippen molar-refractivity contribution >= 4 is 23.5 Å². The Balaban J connectivity index is 1.75. The maximum Gasteiger partial charge on any atom is 0.0825 e. The van der Waals surface area contributed by atoms with Crippen LogP contribution in [-0.4, -0.2) is 5.11 Å². The molecule has 0 bridgehead atoms. The molecule has 3 heteroatoms. The first-order chi connectivity index (χ1) is 12.7. The van der Waals surface area contributed by atoms with Crippen molar-refractivity contribution in [2.24, 2.45) is 0 Å². The van der Waals surface area contributed by atoms with Gasteiger partial charge in [-0.25, -0.2) is 0 Å². The SMILES string of the molecule is Cc1ccc([C@@H](O)CC=C(Sc2ccccc2)Sc2ccccc2)cc1. The molecule has 3 rings (SSSR count). The van der Waals surface area contributed by atoms with Crippen LogP contribution < -0.4 is 0 Å². The van der Waals surface area contributed by atoms with Crippen molar-refractivity contribution in [2.45, 2.75) is 29.2 Å². The Kier molecular flexibility index (Phi) is 7.01. The van der Waals surface area contributed by atoms with Crippen molar-refractivity contribution in [3.63, 3.8) is 0 Å². The molecular weight excluding hydrogens is 356 g/mol. The number of aliphatic hydroxyl groups excluding tert-OH is 1. The number of hydrogen-bond donors (Lipinski definition) is 1. The summed E-state index contributed by atoms with van der Waals surface area (Å²) in [5.74, 6) is 0. The average molecular weight is 379 g/mol. The first-order valence-electron chi connectivity index (χ1n) is 8.61. The van der Waals surface area contributed by atoms with E-state index < -0.39 is 6.10 Å². The highest BCUT2D eigenvalue weighted by Gasteiger charge is 2.09. The minimum atomic E-state index is -0.488. The van der Waals surface area contributed by atoms with Gasteiger partial charge in [-0.3, -0.25) is 0 Å². The van der Waals surface area contributed by atoms with E-state index >= 15 is 0 Å².